The number of ketones is 2. The van der Waals surface area contributed by atoms with Gasteiger partial charge in [0, 0.05) is 120 Å². The first-order chi connectivity index (χ1) is 45.9. The smallest absolute Gasteiger partial charge is 0.407 e. The zero-order valence-corrected chi connectivity index (χ0v) is 65.1. The van der Waals surface area contributed by atoms with Crippen molar-refractivity contribution < 1.29 is 57.6 Å². The normalized spacial score (nSPS) is 12.7. The van der Waals surface area contributed by atoms with Crippen LogP contribution in [0.25, 0.3) is 0 Å². The van der Waals surface area contributed by atoms with Gasteiger partial charge in [-0.05, 0) is 92.4 Å². The van der Waals surface area contributed by atoms with Crippen molar-refractivity contribution in [1.82, 2.24) is 35.8 Å². The number of alkyl carbamates (subject to hydrolysis) is 2. The van der Waals surface area contributed by atoms with E-state index in [1.54, 1.807) is 55.8 Å². The summed E-state index contributed by atoms with van der Waals surface area (Å²) in [6, 6.07) is 39.0. The molecule has 0 aliphatic rings. The van der Waals surface area contributed by atoms with E-state index in [2.05, 4.69) is 123 Å². The van der Waals surface area contributed by atoms with Crippen molar-refractivity contribution in [2.75, 3.05) is 48.2 Å². The van der Waals surface area contributed by atoms with Crippen molar-refractivity contribution in [2.45, 2.75) is 143 Å². The first-order valence-corrected chi connectivity index (χ1v) is 40.5. The first kappa shape index (κ1) is 87.5. The Morgan fingerprint density at radius 1 is 0.546 bits per heavy atom. The van der Waals surface area contributed by atoms with Crippen molar-refractivity contribution >= 4 is 131 Å². The SMILES string of the molecule is C.COC[C@H](C)C(=O)C[C@H](CC[C@H](Cc1ccccc1)NC(=O)OCc1cncs1)Cc1ccccc1.COC[C@H](C)C(=O)O.COC[C@H](NC(=O)N(C)Cc1csc(C(C)C)n1)C(=O)C[C@H](CC[C@H](Cc1ccccc1)NC(=O)OCc1cncs1)Cc1ccccc1.I.II. The molecule has 4 amide bonds. The number of aliphatic carboxylic acids is 1. The van der Waals surface area contributed by atoms with Crippen molar-refractivity contribution in [3.8, 4) is 0 Å². The maximum atomic E-state index is 13.8. The number of methoxy groups -OCH3 is 3. The number of Topliss-reactive ketones (excluding diaryl/α,β-unsaturated/α-hetero) is 2. The van der Waals surface area contributed by atoms with E-state index in [4.69, 9.17) is 24.1 Å². The number of urea groups is 1. The van der Waals surface area contributed by atoms with Crippen LogP contribution in [-0.4, -0.2) is 127 Å². The Morgan fingerprint density at radius 2 is 0.948 bits per heavy atom. The molecule has 0 aliphatic carbocycles. The average molecular weight is 1730 g/mol. The number of nitrogens with zero attached hydrogens (tertiary/aromatic N) is 4. The zero-order chi connectivity index (χ0) is 69.2. The highest BCUT2D eigenvalue weighted by Gasteiger charge is 2.28. The number of amides is 4. The molecule has 0 bridgehead atoms. The van der Waals surface area contributed by atoms with Gasteiger partial charge in [0.2, 0.25) is 0 Å². The molecule has 0 fully saturated rings. The van der Waals surface area contributed by atoms with Gasteiger partial charge in [0.15, 0.2) is 5.78 Å². The molecule has 0 radical (unpaired) electrons. The van der Waals surface area contributed by atoms with Crippen molar-refractivity contribution in [1.29, 1.82) is 0 Å². The van der Waals surface area contributed by atoms with E-state index in [0.29, 0.717) is 57.6 Å². The maximum absolute atomic E-state index is 13.8. The van der Waals surface area contributed by atoms with Gasteiger partial charge in [0.05, 0.1) is 63.8 Å². The lowest BCUT2D eigenvalue weighted by molar-refractivity contribution is -0.142. The van der Waals surface area contributed by atoms with E-state index in [1.165, 1.54) is 47.4 Å². The summed E-state index contributed by atoms with van der Waals surface area (Å²) in [6.45, 7) is 9.18. The number of aromatic nitrogens is 3. The molecule has 7 atom stereocenters. The number of thiazole rings is 3. The molecule has 97 heavy (non-hydrogen) atoms. The predicted molar refractivity (Wildman–Crippen MR) is 415 cm³/mol. The molecule has 25 heteroatoms. The molecular formula is C72H98I3N7O12S3. The maximum Gasteiger partial charge on any atom is 0.407 e. The van der Waals surface area contributed by atoms with Crippen LogP contribution in [0.5, 0.6) is 0 Å². The fraction of sp³-hybridized carbons (Fsp3) is 0.458. The van der Waals surface area contributed by atoms with Crippen molar-refractivity contribution in [3.05, 3.63) is 193 Å². The molecule has 532 valence electrons. The van der Waals surface area contributed by atoms with Crippen LogP contribution in [0.3, 0.4) is 0 Å². The monoisotopic (exact) mass is 1730 g/mol. The number of carboxylic acid groups (broad SMARTS) is 1. The van der Waals surface area contributed by atoms with Crippen LogP contribution in [0.4, 0.5) is 14.4 Å². The van der Waals surface area contributed by atoms with E-state index in [0.717, 1.165) is 56.4 Å². The number of carbonyl (C=O) groups is 6. The third-order valence-corrected chi connectivity index (χ3v) is 17.8. The first-order valence-electron chi connectivity index (χ1n) is 31.5. The average Bonchev–Trinajstić information content (AvgIpc) is 2.40. The Labute approximate surface area is 626 Å². The van der Waals surface area contributed by atoms with Crippen LogP contribution in [0.2, 0.25) is 0 Å². The number of halogens is 3. The summed E-state index contributed by atoms with van der Waals surface area (Å²) in [5.41, 5.74) is 8.81. The molecule has 0 spiro atoms. The highest BCUT2D eigenvalue weighted by molar-refractivity contribution is 15.0. The van der Waals surface area contributed by atoms with Gasteiger partial charge >= 0.3 is 24.2 Å². The van der Waals surface area contributed by atoms with Gasteiger partial charge in [0.1, 0.15) is 25.0 Å². The highest BCUT2D eigenvalue weighted by Crippen LogP contribution is 2.26. The van der Waals surface area contributed by atoms with Crippen molar-refractivity contribution in [2.24, 2.45) is 23.7 Å². The number of carbonyl (C=O) groups excluding carboxylic acids is 5. The topological polar surface area (TPSA) is 247 Å². The second-order valence-corrected chi connectivity index (χ2v) is 26.3. The van der Waals surface area contributed by atoms with E-state index < -0.39 is 24.2 Å². The lowest BCUT2D eigenvalue weighted by Gasteiger charge is -2.25. The minimum absolute atomic E-state index is 0. The van der Waals surface area contributed by atoms with Gasteiger partial charge in [-0.25, -0.2) is 19.4 Å². The van der Waals surface area contributed by atoms with E-state index in [9.17, 15) is 28.8 Å². The minimum Gasteiger partial charge on any atom is -0.481 e. The van der Waals surface area contributed by atoms with Gasteiger partial charge < -0.3 is 49.6 Å². The molecule has 0 aliphatic heterocycles. The number of rotatable bonds is 37. The number of benzene rings is 4. The molecule has 4 aromatic carbocycles. The molecule has 4 N–H and O–H groups in total. The fourth-order valence-corrected chi connectivity index (χ4v) is 11.9. The van der Waals surface area contributed by atoms with Crippen LogP contribution in [-0.2, 0) is 83.5 Å². The lowest BCUT2D eigenvalue weighted by atomic mass is 9.86. The number of carboxylic acids is 1. The van der Waals surface area contributed by atoms with Gasteiger partial charge in [-0.3, -0.25) is 24.4 Å². The molecular weight excluding hydrogens is 1630 g/mol. The quantitative estimate of drug-likeness (QED) is 0.0264. The second kappa shape index (κ2) is 51.6. The molecule has 0 unspecified atom stereocenters. The third kappa shape index (κ3) is 36.9. The number of ether oxygens (including phenoxy) is 5. The highest BCUT2D eigenvalue weighted by atomic mass is 128. The summed E-state index contributed by atoms with van der Waals surface area (Å²) >= 11 is 8.71. The third-order valence-electron chi connectivity index (χ3n) is 15.1. The molecule has 0 saturated carbocycles. The summed E-state index contributed by atoms with van der Waals surface area (Å²) in [6.07, 6.45) is 8.87. The number of nitrogens with one attached hydrogen (secondary N) is 3. The summed E-state index contributed by atoms with van der Waals surface area (Å²) in [7, 11) is 6.32. The second-order valence-electron chi connectivity index (χ2n) is 23.5. The van der Waals surface area contributed by atoms with Gasteiger partial charge in [-0.2, -0.15) is 0 Å². The Bertz CT molecular complexity index is 3220. The Morgan fingerprint density at radius 3 is 1.31 bits per heavy atom. The van der Waals surface area contributed by atoms with E-state index in [1.807, 2.05) is 97.2 Å². The summed E-state index contributed by atoms with van der Waals surface area (Å²) < 4.78 is 26.1. The number of hydrogen-bond acceptors (Lipinski definition) is 17. The van der Waals surface area contributed by atoms with Crippen LogP contribution >= 0.6 is 95.2 Å². The molecule has 3 heterocycles. The van der Waals surface area contributed by atoms with Crippen LogP contribution in [0, 0.1) is 23.7 Å². The summed E-state index contributed by atoms with van der Waals surface area (Å²) in [4.78, 5) is 91.3. The summed E-state index contributed by atoms with van der Waals surface area (Å²) in [5.74, 6) is -0.766. The molecule has 3 aromatic heterocycles. The molecule has 7 rings (SSSR count). The van der Waals surface area contributed by atoms with Crippen LogP contribution < -0.4 is 16.0 Å². The molecule has 0 saturated heterocycles. The Kier molecular flexibility index (Phi) is 46.6. The molecule has 7 aromatic rings. The van der Waals surface area contributed by atoms with E-state index >= 15 is 0 Å². The standard InChI is InChI=1S/C37H47N5O5S2.C29H36N2O4S.C5H10O3.CH4.I2.HI/c1-26(2)35-39-31(24-48-35)21-42(3)36(44)41-33(23-46-4)34(43)19-29(17-27-11-7-5-8-12-27)15-16-30(18-28-13-9-6-10-14-28)40-37(45)47-22-32-20-38-25-49-32;1-22(19-34-2)28(32)17-25(15-23-9-5-3-6-10-23)13-14-26(16-24-11-7-4-8-12-24)31-29(33)35-20-27-18-30-21-36-27;1-4(3-8-2)5(6)7;;1-2;/h5-14,20,24-26,29-30,33H,15-19,21-23H2,1-4H3,(H,40,45)(H,41,44);3-12,18,21-22,25-26H,13-17,19-20H2,1-2H3,(H,31,33);4H,3H2,1-2H3,(H,6,7);1H4;;1H/t29-,30-,33+;22-,25+,26+;4-;;;/m100.../s1. The summed E-state index contributed by atoms with van der Waals surface area (Å²) in [5, 5.41) is 20.2. The lowest BCUT2D eigenvalue weighted by Crippen LogP contribution is -2.49. The van der Waals surface area contributed by atoms with Gasteiger partial charge in [-0.1, -0.05) is 150 Å². The predicted octanol–water partition coefficient (Wildman–Crippen LogP) is 16.3. The number of hydrogen-bond donors (Lipinski definition) is 4. The largest absolute Gasteiger partial charge is 0.481 e. The fourth-order valence-electron chi connectivity index (χ4n) is 10.1. The zero-order valence-electron chi connectivity index (χ0n) is 56.0. The van der Waals surface area contributed by atoms with Crippen molar-refractivity contribution in [3.63, 3.8) is 0 Å². The Balaban J connectivity index is 0.000000587. The van der Waals surface area contributed by atoms with Gasteiger partial charge in [-0.15, -0.1) is 58.0 Å². The minimum atomic E-state index is -0.813. The van der Waals surface area contributed by atoms with Gasteiger partial charge in [0.25, 0.3) is 0 Å². The van der Waals surface area contributed by atoms with E-state index in [-0.39, 0.29) is 118 Å². The van der Waals surface area contributed by atoms with Crippen LogP contribution in [0.1, 0.15) is 122 Å². The van der Waals surface area contributed by atoms with Crippen LogP contribution in [0.15, 0.2) is 150 Å². The Hall–Kier alpha value is -5.54. The molecule has 19 nitrogen and oxygen atoms in total.